The van der Waals surface area contributed by atoms with E-state index in [1.165, 1.54) is 0 Å². The number of carbonyl (C=O) groups is 1. The quantitative estimate of drug-likeness (QED) is 0.471. The van der Waals surface area contributed by atoms with Gasteiger partial charge in [0.1, 0.15) is 0 Å². The van der Waals surface area contributed by atoms with E-state index in [2.05, 4.69) is 15.6 Å². The summed E-state index contributed by atoms with van der Waals surface area (Å²) in [7, 11) is 0. The van der Waals surface area contributed by atoms with E-state index < -0.39 is 5.41 Å². The Morgan fingerprint density at radius 3 is 2.62 bits per heavy atom. The summed E-state index contributed by atoms with van der Waals surface area (Å²) in [5.41, 5.74) is 5.26. The Labute approximate surface area is 130 Å². The second-order valence-corrected chi connectivity index (χ2v) is 6.08. The van der Waals surface area contributed by atoms with Gasteiger partial charge in [0, 0.05) is 19.3 Å². The van der Waals surface area contributed by atoms with Crippen LogP contribution in [-0.4, -0.2) is 32.4 Å². The van der Waals surface area contributed by atoms with Gasteiger partial charge in [-0.25, -0.2) is 0 Å². The molecule has 0 radical (unpaired) electrons. The molecule has 0 bridgehead atoms. The van der Waals surface area contributed by atoms with Crippen LogP contribution in [0.25, 0.3) is 0 Å². The first kappa shape index (κ1) is 15.9. The molecule has 1 heterocycles. The first-order valence-electron chi connectivity index (χ1n) is 7.57. The van der Waals surface area contributed by atoms with Crippen molar-refractivity contribution in [3.8, 4) is 0 Å². The third kappa shape index (κ3) is 4.00. The first-order chi connectivity index (χ1) is 10.1. The Hall–Kier alpha value is -1.50. The first-order valence-corrected chi connectivity index (χ1v) is 7.98. The van der Waals surface area contributed by atoms with Gasteiger partial charge in [0.2, 0.25) is 5.91 Å². The second kappa shape index (κ2) is 7.49. The number of amides is 1. The zero-order valence-electron chi connectivity index (χ0n) is 12.3. The van der Waals surface area contributed by atoms with Crippen molar-refractivity contribution in [2.75, 3.05) is 6.54 Å². The van der Waals surface area contributed by atoms with Crippen LogP contribution in [0, 0.1) is 5.41 Å². The van der Waals surface area contributed by atoms with Crippen molar-refractivity contribution in [2.24, 2.45) is 11.1 Å². The number of aromatic nitrogens is 3. The molecule has 1 fully saturated rings. The molecule has 6 nitrogen and oxygen atoms in total. The Balaban J connectivity index is 1.85. The fourth-order valence-electron chi connectivity index (χ4n) is 2.88. The largest absolute Gasteiger partial charge is 0.392 e. The van der Waals surface area contributed by atoms with Gasteiger partial charge in [-0.1, -0.05) is 43.1 Å². The van der Waals surface area contributed by atoms with Crippen LogP contribution < -0.4 is 11.1 Å². The van der Waals surface area contributed by atoms with Gasteiger partial charge in [-0.15, -0.1) is 5.10 Å². The van der Waals surface area contributed by atoms with E-state index in [4.69, 9.17) is 18.0 Å². The highest BCUT2D eigenvalue weighted by Crippen LogP contribution is 2.35. The normalized spacial score (nSPS) is 17.9. The lowest BCUT2D eigenvalue weighted by atomic mass is 9.79. The van der Waals surface area contributed by atoms with Crippen LogP contribution in [-0.2, 0) is 11.3 Å². The summed E-state index contributed by atoms with van der Waals surface area (Å²) in [6, 6.07) is 0. The molecule has 0 atom stereocenters. The maximum atomic E-state index is 12.6. The third-order valence-corrected chi connectivity index (χ3v) is 4.58. The summed E-state index contributed by atoms with van der Waals surface area (Å²) in [6.45, 7) is 1.34. The Morgan fingerprint density at radius 2 is 2.05 bits per heavy atom. The zero-order chi connectivity index (χ0) is 15.1. The monoisotopic (exact) mass is 309 g/mol. The van der Waals surface area contributed by atoms with Gasteiger partial charge in [-0.2, -0.15) is 0 Å². The van der Waals surface area contributed by atoms with Crippen molar-refractivity contribution >= 4 is 23.1 Å². The molecular weight excluding hydrogens is 286 g/mol. The predicted molar refractivity (Wildman–Crippen MR) is 84.6 cm³/mol. The molecule has 0 aromatic carbocycles. The van der Waals surface area contributed by atoms with Crippen LogP contribution >= 0.6 is 12.2 Å². The molecule has 3 N–H and O–H groups in total. The van der Waals surface area contributed by atoms with E-state index in [1.54, 1.807) is 10.9 Å². The van der Waals surface area contributed by atoms with E-state index in [-0.39, 0.29) is 5.91 Å². The molecule has 21 heavy (non-hydrogen) atoms. The number of hydrogen-bond donors (Lipinski definition) is 2. The fraction of sp³-hybridized carbons (Fsp3) is 0.714. The number of thiocarbonyl (C=S) groups is 1. The molecule has 116 valence electrons. The molecule has 1 saturated carbocycles. The smallest absolute Gasteiger partial charge is 0.233 e. The van der Waals surface area contributed by atoms with Gasteiger partial charge in [0.15, 0.2) is 0 Å². The van der Waals surface area contributed by atoms with Gasteiger partial charge in [-0.3, -0.25) is 9.48 Å². The zero-order valence-corrected chi connectivity index (χ0v) is 13.1. The number of nitrogens with zero attached hydrogens (tertiary/aromatic N) is 3. The van der Waals surface area contributed by atoms with Crippen LogP contribution in [0.15, 0.2) is 12.4 Å². The number of rotatable bonds is 6. The maximum Gasteiger partial charge on any atom is 0.233 e. The molecule has 0 saturated heterocycles. The minimum atomic E-state index is -0.640. The fourth-order valence-corrected chi connectivity index (χ4v) is 3.18. The summed E-state index contributed by atoms with van der Waals surface area (Å²) >= 11 is 5.20. The van der Waals surface area contributed by atoms with E-state index in [9.17, 15) is 4.79 Å². The molecular formula is C14H23N5OS. The number of carbonyl (C=O) groups excluding carboxylic acids is 1. The highest BCUT2D eigenvalue weighted by atomic mass is 32.1. The van der Waals surface area contributed by atoms with Crippen molar-refractivity contribution in [3.05, 3.63) is 12.4 Å². The summed E-state index contributed by atoms with van der Waals surface area (Å²) in [5.74, 6) is -0.00418. The average molecular weight is 309 g/mol. The molecule has 1 aliphatic carbocycles. The Morgan fingerprint density at radius 1 is 1.33 bits per heavy atom. The van der Waals surface area contributed by atoms with Gasteiger partial charge < -0.3 is 11.1 Å². The highest BCUT2D eigenvalue weighted by Gasteiger charge is 2.41. The Kier molecular flexibility index (Phi) is 5.67. The van der Waals surface area contributed by atoms with Gasteiger partial charge in [0.05, 0.1) is 16.6 Å². The molecule has 0 spiro atoms. The van der Waals surface area contributed by atoms with Crippen LogP contribution in [0.3, 0.4) is 0 Å². The number of hydrogen-bond acceptors (Lipinski definition) is 4. The lowest BCUT2D eigenvalue weighted by Gasteiger charge is -2.30. The van der Waals surface area contributed by atoms with E-state index >= 15 is 0 Å². The van der Waals surface area contributed by atoms with E-state index in [0.29, 0.717) is 11.5 Å². The summed E-state index contributed by atoms with van der Waals surface area (Å²) in [5, 5.41) is 10.6. The molecule has 2 rings (SSSR count). The number of aryl methyl sites for hydroxylation is 1. The maximum absolute atomic E-state index is 12.6. The lowest BCUT2D eigenvalue weighted by Crippen LogP contribution is -2.49. The number of nitrogens with two attached hydrogens (primary N) is 1. The van der Waals surface area contributed by atoms with Crippen molar-refractivity contribution in [3.63, 3.8) is 0 Å². The van der Waals surface area contributed by atoms with Crippen LogP contribution in [0.4, 0.5) is 0 Å². The van der Waals surface area contributed by atoms with Crippen LogP contribution in [0.5, 0.6) is 0 Å². The molecule has 7 heteroatoms. The molecule has 1 aliphatic rings. The Bertz CT molecular complexity index is 466. The minimum Gasteiger partial charge on any atom is -0.392 e. The van der Waals surface area contributed by atoms with Crippen molar-refractivity contribution in [2.45, 2.75) is 51.5 Å². The summed E-state index contributed by atoms with van der Waals surface area (Å²) in [6.07, 6.45) is 10.2. The molecule has 1 amide bonds. The summed E-state index contributed by atoms with van der Waals surface area (Å²) < 4.78 is 1.75. The lowest BCUT2D eigenvalue weighted by molar-refractivity contribution is -0.128. The third-order valence-electron chi connectivity index (χ3n) is 4.18. The van der Waals surface area contributed by atoms with Gasteiger partial charge in [0.25, 0.3) is 0 Å². The predicted octanol–water partition coefficient (Wildman–Crippen LogP) is 1.41. The highest BCUT2D eigenvalue weighted by molar-refractivity contribution is 7.80. The second-order valence-electron chi connectivity index (χ2n) is 5.64. The SMILES string of the molecule is NC(=S)C1(C(=O)NCCCn2ccnn2)CCCCCC1. The minimum absolute atomic E-state index is 0.00418. The molecule has 1 aromatic rings. The topological polar surface area (TPSA) is 85.8 Å². The van der Waals surface area contributed by atoms with Crippen molar-refractivity contribution in [1.82, 2.24) is 20.3 Å². The van der Waals surface area contributed by atoms with Gasteiger partial charge in [-0.05, 0) is 19.3 Å². The van der Waals surface area contributed by atoms with E-state index in [0.717, 1.165) is 51.5 Å². The molecule has 0 aliphatic heterocycles. The standard InChI is InChI=1S/C14H23N5OS/c15-12(21)14(6-3-1-2-4-7-14)13(20)16-8-5-10-19-11-9-17-18-19/h9,11H,1-8,10H2,(H2,15,21)(H,16,20). The van der Waals surface area contributed by atoms with Crippen molar-refractivity contribution in [1.29, 1.82) is 0 Å². The van der Waals surface area contributed by atoms with Gasteiger partial charge >= 0.3 is 0 Å². The number of nitrogens with one attached hydrogen (secondary N) is 1. The van der Waals surface area contributed by atoms with Crippen LogP contribution in [0.1, 0.15) is 44.9 Å². The summed E-state index contributed by atoms with van der Waals surface area (Å²) in [4.78, 5) is 12.9. The molecule has 0 unspecified atom stereocenters. The van der Waals surface area contributed by atoms with Crippen LogP contribution in [0.2, 0.25) is 0 Å². The molecule has 1 aromatic heterocycles. The average Bonchev–Trinajstić information content (AvgIpc) is 2.85. The van der Waals surface area contributed by atoms with Crippen molar-refractivity contribution < 1.29 is 4.79 Å². The van der Waals surface area contributed by atoms with E-state index in [1.807, 2.05) is 6.20 Å².